The van der Waals surface area contributed by atoms with Crippen LogP contribution in [-0.4, -0.2) is 24.2 Å². The molecule has 84 valence electrons. The van der Waals surface area contributed by atoms with Gasteiger partial charge in [-0.25, -0.2) is 0 Å². The largest absolute Gasteiger partial charge is 0.481 e. The van der Waals surface area contributed by atoms with Gasteiger partial charge in [0.1, 0.15) is 0 Å². The minimum absolute atomic E-state index is 0.129. The molecule has 2 atom stereocenters. The summed E-state index contributed by atoms with van der Waals surface area (Å²) in [6.45, 7) is 4.35. The third-order valence-electron chi connectivity index (χ3n) is 2.72. The summed E-state index contributed by atoms with van der Waals surface area (Å²) in [6.07, 6.45) is 4.74. The molecule has 0 aliphatic carbocycles. The number of carboxylic acid groups (broad SMARTS) is 1. The fourth-order valence-corrected chi connectivity index (χ4v) is 1.81. The molecule has 0 radical (unpaired) electrons. The molecule has 0 bridgehead atoms. The molecule has 0 aliphatic heterocycles. The fourth-order valence-electron chi connectivity index (χ4n) is 1.81. The monoisotopic (exact) mass is 201 g/mol. The summed E-state index contributed by atoms with van der Waals surface area (Å²) in [5.74, 6) is -0.0486. The van der Waals surface area contributed by atoms with E-state index in [2.05, 4.69) is 19.2 Å². The van der Waals surface area contributed by atoms with Crippen LogP contribution in [0.1, 0.15) is 46.0 Å². The minimum atomic E-state index is -0.712. The van der Waals surface area contributed by atoms with E-state index in [1.807, 2.05) is 7.05 Å². The highest BCUT2D eigenvalue weighted by atomic mass is 16.4. The zero-order chi connectivity index (χ0) is 11.0. The SMILES string of the molecule is CCCC(CC)CC(CC(=O)O)NC. The summed E-state index contributed by atoms with van der Waals surface area (Å²) in [7, 11) is 1.84. The van der Waals surface area contributed by atoms with Crippen molar-refractivity contribution >= 4 is 5.97 Å². The Bertz CT molecular complexity index is 159. The Hall–Kier alpha value is -0.570. The average molecular weight is 201 g/mol. The van der Waals surface area contributed by atoms with Crippen LogP contribution in [-0.2, 0) is 4.79 Å². The number of hydrogen-bond acceptors (Lipinski definition) is 2. The Morgan fingerprint density at radius 1 is 1.43 bits per heavy atom. The molecule has 0 rings (SSSR count). The first-order valence-corrected chi connectivity index (χ1v) is 5.53. The number of carboxylic acids is 1. The first-order chi connectivity index (χ1) is 6.63. The molecule has 0 aromatic carbocycles. The Morgan fingerprint density at radius 2 is 2.07 bits per heavy atom. The summed E-state index contributed by atoms with van der Waals surface area (Å²) in [6, 6.07) is 0.129. The molecule has 0 aromatic rings. The maximum Gasteiger partial charge on any atom is 0.304 e. The molecule has 0 heterocycles. The lowest BCUT2D eigenvalue weighted by molar-refractivity contribution is -0.137. The van der Waals surface area contributed by atoms with E-state index in [4.69, 9.17) is 5.11 Å². The lowest BCUT2D eigenvalue weighted by atomic mass is 9.92. The van der Waals surface area contributed by atoms with Crippen molar-refractivity contribution in [3.63, 3.8) is 0 Å². The van der Waals surface area contributed by atoms with E-state index < -0.39 is 5.97 Å². The van der Waals surface area contributed by atoms with Crippen LogP contribution in [0.5, 0.6) is 0 Å². The predicted octanol–water partition coefficient (Wildman–Crippen LogP) is 2.27. The first kappa shape index (κ1) is 13.4. The molecule has 0 spiro atoms. The topological polar surface area (TPSA) is 49.3 Å². The van der Waals surface area contributed by atoms with Crippen molar-refractivity contribution < 1.29 is 9.90 Å². The molecule has 0 amide bonds. The molecule has 0 saturated carbocycles. The molecule has 0 fully saturated rings. The maximum atomic E-state index is 10.6. The van der Waals surface area contributed by atoms with Gasteiger partial charge in [0.2, 0.25) is 0 Å². The maximum absolute atomic E-state index is 10.6. The number of carbonyl (C=O) groups is 1. The average Bonchev–Trinajstić information content (AvgIpc) is 2.15. The van der Waals surface area contributed by atoms with Gasteiger partial charge in [0, 0.05) is 6.04 Å². The molecule has 3 nitrogen and oxygen atoms in total. The molecule has 2 N–H and O–H groups in total. The third kappa shape index (κ3) is 5.97. The number of aliphatic carboxylic acids is 1. The van der Waals surface area contributed by atoms with E-state index in [0.717, 1.165) is 12.8 Å². The second kappa shape index (κ2) is 7.80. The fraction of sp³-hybridized carbons (Fsp3) is 0.909. The number of rotatable bonds is 8. The second-order valence-corrected chi connectivity index (χ2v) is 3.88. The van der Waals surface area contributed by atoms with E-state index in [1.165, 1.54) is 12.8 Å². The Labute approximate surface area is 86.9 Å². The Balaban J connectivity index is 3.93. The van der Waals surface area contributed by atoms with Crippen LogP contribution < -0.4 is 5.32 Å². The van der Waals surface area contributed by atoms with E-state index in [1.54, 1.807) is 0 Å². The normalized spacial score (nSPS) is 15.1. The minimum Gasteiger partial charge on any atom is -0.481 e. The van der Waals surface area contributed by atoms with Crippen LogP contribution in [0, 0.1) is 5.92 Å². The smallest absolute Gasteiger partial charge is 0.304 e. The summed E-state index contributed by atoms with van der Waals surface area (Å²) in [5, 5.41) is 11.8. The summed E-state index contributed by atoms with van der Waals surface area (Å²) < 4.78 is 0. The van der Waals surface area contributed by atoms with Crippen molar-refractivity contribution in [3.8, 4) is 0 Å². The van der Waals surface area contributed by atoms with E-state index in [-0.39, 0.29) is 12.5 Å². The van der Waals surface area contributed by atoms with Crippen molar-refractivity contribution in [3.05, 3.63) is 0 Å². The van der Waals surface area contributed by atoms with Crippen molar-refractivity contribution in [1.82, 2.24) is 5.32 Å². The Kier molecular flexibility index (Phi) is 7.48. The molecule has 2 unspecified atom stereocenters. The van der Waals surface area contributed by atoms with Gasteiger partial charge in [0.15, 0.2) is 0 Å². The molecule has 3 heteroatoms. The van der Waals surface area contributed by atoms with Gasteiger partial charge in [0.25, 0.3) is 0 Å². The van der Waals surface area contributed by atoms with Crippen LogP contribution in [0.3, 0.4) is 0 Å². The van der Waals surface area contributed by atoms with Gasteiger partial charge in [-0.05, 0) is 19.4 Å². The zero-order valence-electron chi connectivity index (χ0n) is 9.55. The second-order valence-electron chi connectivity index (χ2n) is 3.88. The Morgan fingerprint density at radius 3 is 2.43 bits per heavy atom. The van der Waals surface area contributed by atoms with Crippen LogP contribution in [0.2, 0.25) is 0 Å². The highest BCUT2D eigenvalue weighted by Crippen LogP contribution is 2.18. The molecule has 0 aromatic heterocycles. The quantitative estimate of drug-likeness (QED) is 0.633. The molecular formula is C11H23NO2. The summed E-state index contributed by atoms with van der Waals surface area (Å²) in [5.41, 5.74) is 0. The van der Waals surface area contributed by atoms with Crippen molar-refractivity contribution in [1.29, 1.82) is 0 Å². The van der Waals surface area contributed by atoms with Gasteiger partial charge in [-0.1, -0.05) is 33.1 Å². The van der Waals surface area contributed by atoms with Gasteiger partial charge in [0.05, 0.1) is 6.42 Å². The van der Waals surface area contributed by atoms with Crippen LogP contribution in [0.4, 0.5) is 0 Å². The third-order valence-corrected chi connectivity index (χ3v) is 2.72. The van der Waals surface area contributed by atoms with Gasteiger partial charge >= 0.3 is 5.97 Å². The standard InChI is InChI=1S/C11H23NO2/c1-4-6-9(5-2)7-10(12-3)8-11(13)14/h9-10,12H,4-8H2,1-3H3,(H,13,14). The van der Waals surface area contributed by atoms with Gasteiger partial charge < -0.3 is 10.4 Å². The highest BCUT2D eigenvalue weighted by Gasteiger charge is 2.15. The summed E-state index contributed by atoms with van der Waals surface area (Å²) in [4.78, 5) is 10.6. The van der Waals surface area contributed by atoms with Crippen molar-refractivity contribution in [2.45, 2.75) is 52.0 Å². The van der Waals surface area contributed by atoms with E-state index in [9.17, 15) is 4.79 Å². The molecule has 0 saturated heterocycles. The molecule has 14 heavy (non-hydrogen) atoms. The van der Waals surface area contributed by atoms with Crippen LogP contribution >= 0.6 is 0 Å². The van der Waals surface area contributed by atoms with Crippen LogP contribution in [0.15, 0.2) is 0 Å². The lowest BCUT2D eigenvalue weighted by Crippen LogP contribution is -2.30. The van der Waals surface area contributed by atoms with Crippen LogP contribution in [0.25, 0.3) is 0 Å². The van der Waals surface area contributed by atoms with Crippen molar-refractivity contribution in [2.75, 3.05) is 7.05 Å². The van der Waals surface area contributed by atoms with E-state index in [0.29, 0.717) is 5.92 Å². The lowest BCUT2D eigenvalue weighted by Gasteiger charge is -2.20. The van der Waals surface area contributed by atoms with Crippen molar-refractivity contribution in [2.24, 2.45) is 5.92 Å². The van der Waals surface area contributed by atoms with Gasteiger partial charge in [-0.15, -0.1) is 0 Å². The van der Waals surface area contributed by atoms with Gasteiger partial charge in [-0.3, -0.25) is 4.79 Å². The highest BCUT2D eigenvalue weighted by molar-refractivity contribution is 5.67. The number of hydrogen-bond donors (Lipinski definition) is 2. The zero-order valence-corrected chi connectivity index (χ0v) is 9.55. The molecule has 0 aliphatic rings. The number of nitrogens with one attached hydrogen (secondary N) is 1. The molecular weight excluding hydrogens is 178 g/mol. The van der Waals surface area contributed by atoms with E-state index >= 15 is 0 Å². The van der Waals surface area contributed by atoms with Gasteiger partial charge in [-0.2, -0.15) is 0 Å². The predicted molar refractivity (Wildman–Crippen MR) is 58.4 cm³/mol. The first-order valence-electron chi connectivity index (χ1n) is 5.53. The summed E-state index contributed by atoms with van der Waals surface area (Å²) >= 11 is 0.